The summed E-state index contributed by atoms with van der Waals surface area (Å²) in [4.78, 5) is 13.0. The molecule has 0 aromatic carbocycles. The maximum absolute atomic E-state index is 12.3. The maximum Gasteiger partial charge on any atom is 0.345 e. The van der Waals surface area contributed by atoms with Crippen molar-refractivity contribution in [2.45, 2.75) is 24.3 Å². The van der Waals surface area contributed by atoms with Gasteiger partial charge in [0.1, 0.15) is 4.88 Å². The molecule has 6 nitrogen and oxygen atoms in total. The van der Waals surface area contributed by atoms with Gasteiger partial charge in [0.25, 0.3) is 0 Å². The number of aromatic carboxylic acids is 1. The van der Waals surface area contributed by atoms with Crippen molar-refractivity contribution < 1.29 is 18.3 Å². The average molecular weight is 318 g/mol. The largest absolute Gasteiger partial charge is 0.477 e. The number of carboxylic acid groups (broad SMARTS) is 1. The summed E-state index contributed by atoms with van der Waals surface area (Å²) in [6.45, 7) is 3.71. The van der Waals surface area contributed by atoms with E-state index in [4.69, 9.17) is 5.11 Å². The Morgan fingerprint density at radius 2 is 2.25 bits per heavy atom. The summed E-state index contributed by atoms with van der Waals surface area (Å²) in [5.74, 6) is -0.884. The second-order valence-corrected chi connectivity index (χ2v) is 7.83. The highest BCUT2D eigenvalue weighted by atomic mass is 32.2. The number of hydrogen-bond acceptors (Lipinski definition) is 5. The van der Waals surface area contributed by atoms with E-state index in [9.17, 15) is 13.2 Å². The van der Waals surface area contributed by atoms with Gasteiger partial charge in [-0.05, 0) is 32.0 Å². The van der Waals surface area contributed by atoms with Crippen molar-refractivity contribution in [2.24, 2.45) is 5.92 Å². The molecule has 0 radical (unpaired) electrons. The van der Waals surface area contributed by atoms with E-state index in [1.165, 1.54) is 11.4 Å². The van der Waals surface area contributed by atoms with Gasteiger partial charge in [0.15, 0.2) is 0 Å². The number of likely N-dealkylation sites (tertiary alicyclic amines) is 1. The van der Waals surface area contributed by atoms with Crippen LogP contribution in [0.5, 0.6) is 0 Å². The minimum Gasteiger partial charge on any atom is -0.477 e. The molecular formula is C12H18N2O4S2. The summed E-state index contributed by atoms with van der Waals surface area (Å²) < 4.78 is 27.2. The van der Waals surface area contributed by atoms with Crippen LogP contribution >= 0.6 is 11.3 Å². The highest BCUT2D eigenvalue weighted by molar-refractivity contribution is 7.89. The molecule has 2 unspecified atom stereocenters. The van der Waals surface area contributed by atoms with Gasteiger partial charge >= 0.3 is 5.97 Å². The number of carboxylic acids is 1. The molecule has 0 saturated carbocycles. The Balaban J connectivity index is 2.12. The van der Waals surface area contributed by atoms with Crippen molar-refractivity contribution in [1.82, 2.24) is 9.62 Å². The van der Waals surface area contributed by atoms with Gasteiger partial charge in [-0.2, -0.15) is 0 Å². The zero-order valence-corrected chi connectivity index (χ0v) is 13.0. The highest BCUT2D eigenvalue weighted by Gasteiger charge is 2.29. The lowest BCUT2D eigenvalue weighted by molar-refractivity contribution is 0.0702. The van der Waals surface area contributed by atoms with E-state index < -0.39 is 16.0 Å². The molecule has 8 heteroatoms. The molecule has 1 saturated heterocycles. The van der Waals surface area contributed by atoms with Crippen molar-refractivity contribution in [3.8, 4) is 0 Å². The molecule has 1 aromatic heterocycles. The van der Waals surface area contributed by atoms with Gasteiger partial charge < -0.3 is 10.0 Å². The first-order valence-electron chi connectivity index (χ1n) is 6.32. The van der Waals surface area contributed by atoms with Gasteiger partial charge in [0.2, 0.25) is 10.0 Å². The first-order chi connectivity index (χ1) is 9.29. The lowest BCUT2D eigenvalue weighted by Gasteiger charge is -2.34. The third kappa shape index (κ3) is 3.38. The monoisotopic (exact) mass is 318 g/mol. The smallest absolute Gasteiger partial charge is 0.345 e. The second-order valence-electron chi connectivity index (χ2n) is 5.21. The average Bonchev–Trinajstić information content (AvgIpc) is 2.83. The second kappa shape index (κ2) is 5.80. The van der Waals surface area contributed by atoms with Crippen LogP contribution < -0.4 is 4.72 Å². The molecule has 1 fully saturated rings. The van der Waals surface area contributed by atoms with Crippen molar-refractivity contribution in [3.05, 3.63) is 16.3 Å². The molecule has 2 atom stereocenters. The topological polar surface area (TPSA) is 86.7 Å². The zero-order chi connectivity index (χ0) is 14.9. The van der Waals surface area contributed by atoms with Crippen LogP contribution in [0.1, 0.15) is 23.0 Å². The fraction of sp³-hybridized carbons (Fsp3) is 0.583. The predicted octanol–water partition coefficient (Wildman–Crippen LogP) is 1.06. The molecule has 0 spiro atoms. The number of piperidine rings is 1. The third-order valence-electron chi connectivity index (χ3n) is 3.51. The van der Waals surface area contributed by atoms with Crippen LogP contribution in [-0.2, 0) is 10.0 Å². The Hall–Kier alpha value is -0.960. The van der Waals surface area contributed by atoms with Crippen LogP contribution in [0.3, 0.4) is 0 Å². The first kappa shape index (κ1) is 15.4. The third-order valence-corrected chi connectivity index (χ3v) is 6.05. The molecule has 2 N–H and O–H groups in total. The van der Waals surface area contributed by atoms with Gasteiger partial charge in [-0.3, -0.25) is 0 Å². The molecular weight excluding hydrogens is 300 g/mol. The van der Waals surface area contributed by atoms with Crippen molar-refractivity contribution in [2.75, 3.05) is 20.1 Å². The molecule has 112 valence electrons. The fourth-order valence-electron chi connectivity index (χ4n) is 2.37. The Labute approximate surface area is 122 Å². The molecule has 2 rings (SSSR count). The Kier molecular flexibility index (Phi) is 4.48. The van der Waals surface area contributed by atoms with Crippen molar-refractivity contribution >= 4 is 27.3 Å². The quantitative estimate of drug-likeness (QED) is 0.867. The zero-order valence-electron chi connectivity index (χ0n) is 11.4. The summed E-state index contributed by atoms with van der Waals surface area (Å²) >= 11 is 0.921. The van der Waals surface area contributed by atoms with E-state index in [1.54, 1.807) is 0 Å². The number of nitrogens with zero attached hydrogens (tertiary/aromatic N) is 1. The van der Waals surface area contributed by atoms with Crippen LogP contribution in [0.2, 0.25) is 0 Å². The lowest BCUT2D eigenvalue weighted by Crippen LogP contribution is -2.48. The minimum absolute atomic E-state index is 0.0294. The summed E-state index contributed by atoms with van der Waals surface area (Å²) in [5, 5.41) is 10.2. The molecule has 1 aromatic rings. The van der Waals surface area contributed by atoms with E-state index in [2.05, 4.69) is 9.62 Å². The minimum atomic E-state index is -3.64. The van der Waals surface area contributed by atoms with Gasteiger partial charge in [0, 0.05) is 18.0 Å². The van der Waals surface area contributed by atoms with Gasteiger partial charge in [-0.15, -0.1) is 11.3 Å². The van der Waals surface area contributed by atoms with E-state index in [-0.39, 0.29) is 21.7 Å². The van der Waals surface area contributed by atoms with Crippen molar-refractivity contribution in [1.29, 1.82) is 0 Å². The van der Waals surface area contributed by atoms with Crippen LogP contribution in [-0.4, -0.2) is 50.6 Å². The number of thiophene rings is 1. The van der Waals surface area contributed by atoms with Crippen LogP contribution in [0.4, 0.5) is 0 Å². The maximum atomic E-state index is 12.3. The Bertz CT molecular complexity index is 596. The van der Waals surface area contributed by atoms with E-state index >= 15 is 0 Å². The summed E-state index contributed by atoms with van der Waals surface area (Å²) in [6, 6.07) is 1.10. The van der Waals surface area contributed by atoms with Gasteiger partial charge in [-0.1, -0.05) is 6.92 Å². The molecule has 2 heterocycles. The molecule has 20 heavy (non-hydrogen) atoms. The SMILES string of the molecule is CC1CN(C)CCC1NS(=O)(=O)c1csc(C(=O)O)c1. The molecule has 0 bridgehead atoms. The van der Waals surface area contributed by atoms with E-state index in [0.717, 1.165) is 30.8 Å². The Morgan fingerprint density at radius 3 is 2.80 bits per heavy atom. The van der Waals surface area contributed by atoms with Gasteiger partial charge in [-0.25, -0.2) is 17.9 Å². The number of carbonyl (C=O) groups is 1. The van der Waals surface area contributed by atoms with Gasteiger partial charge in [0.05, 0.1) is 4.90 Å². The van der Waals surface area contributed by atoms with Crippen LogP contribution in [0.15, 0.2) is 16.3 Å². The number of nitrogens with one attached hydrogen (secondary N) is 1. The number of hydrogen-bond donors (Lipinski definition) is 2. The highest BCUT2D eigenvalue weighted by Crippen LogP contribution is 2.22. The fourth-order valence-corrected chi connectivity index (χ4v) is 4.86. The number of rotatable bonds is 4. The van der Waals surface area contributed by atoms with Crippen molar-refractivity contribution in [3.63, 3.8) is 0 Å². The van der Waals surface area contributed by atoms with Crippen LogP contribution in [0, 0.1) is 5.92 Å². The lowest BCUT2D eigenvalue weighted by atomic mass is 9.95. The normalized spacial score (nSPS) is 24.7. The molecule has 1 aliphatic rings. The Morgan fingerprint density at radius 1 is 1.55 bits per heavy atom. The predicted molar refractivity (Wildman–Crippen MR) is 76.7 cm³/mol. The van der Waals surface area contributed by atoms with E-state index in [1.807, 2.05) is 14.0 Å². The molecule has 0 amide bonds. The summed E-state index contributed by atoms with van der Waals surface area (Å²) in [7, 11) is -1.63. The molecule has 0 aliphatic carbocycles. The summed E-state index contributed by atoms with van der Waals surface area (Å²) in [6.07, 6.45) is 0.757. The first-order valence-corrected chi connectivity index (χ1v) is 8.68. The van der Waals surface area contributed by atoms with E-state index in [0.29, 0.717) is 0 Å². The standard InChI is InChI=1S/C12H18N2O4S2/c1-8-6-14(2)4-3-10(8)13-20(17,18)9-5-11(12(15)16)19-7-9/h5,7-8,10,13H,3-4,6H2,1-2H3,(H,15,16). The molecule has 1 aliphatic heterocycles. The van der Waals surface area contributed by atoms with Crippen LogP contribution in [0.25, 0.3) is 0 Å². The summed E-state index contributed by atoms with van der Waals surface area (Å²) in [5.41, 5.74) is 0. The number of sulfonamides is 1.